The van der Waals surface area contributed by atoms with E-state index in [2.05, 4.69) is 20.9 Å². The van der Waals surface area contributed by atoms with Crippen LogP contribution in [0.4, 0.5) is 24.5 Å². The SMILES string of the molecule is Cc1cc(N)cc(C(F)(F)F)c1-c1nc2c(C)c(N)c(Br)cc2o1. The summed E-state index contributed by atoms with van der Waals surface area (Å²) in [5.41, 5.74) is 12.7. The van der Waals surface area contributed by atoms with E-state index in [9.17, 15) is 13.2 Å². The van der Waals surface area contributed by atoms with Gasteiger partial charge in [-0.2, -0.15) is 13.2 Å². The maximum absolute atomic E-state index is 13.4. The lowest BCUT2D eigenvalue weighted by atomic mass is 10.00. The van der Waals surface area contributed by atoms with Gasteiger partial charge in [0, 0.05) is 15.7 Å². The number of aromatic nitrogens is 1. The van der Waals surface area contributed by atoms with Crippen molar-refractivity contribution >= 4 is 38.4 Å². The van der Waals surface area contributed by atoms with Crippen molar-refractivity contribution in [1.82, 2.24) is 4.98 Å². The minimum absolute atomic E-state index is 0.0304. The summed E-state index contributed by atoms with van der Waals surface area (Å²) in [6, 6.07) is 3.93. The number of fused-ring (bicyclic) bond motifs is 1. The van der Waals surface area contributed by atoms with E-state index in [1.807, 2.05) is 0 Å². The monoisotopic (exact) mass is 399 g/mol. The fourth-order valence-electron chi connectivity index (χ4n) is 2.63. The Kier molecular flexibility index (Phi) is 3.75. The predicted octanol–water partition coefficient (Wildman–Crippen LogP) is 5.06. The van der Waals surface area contributed by atoms with E-state index < -0.39 is 11.7 Å². The number of alkyl halides is 3. The van der Waals surface area contributed by atoms with Gasteiger partial charge in [0.15, 0.2) is 5.58 Å². The van der Waals surface area contributed by atoms with Gasteiger partial charge >= 0.3 is 6.18 Å². The Bertz CT molecular complexity index is 964. The van der Waals surface area contributed by atoms with Crippen LogP contribution in [0.5, 0.6) is 0 Å². The first-order valence-electron chi connectivity index (χ1n) is 6.92. The fraction of sp³-hybridized carbons (Fsp3) is 0.188. The molecule has 0 spiro atoms. The average molecular weight is 400 g/mol. The van der Waals surface area contributed by atoms with Gasteiger partial charge in [0.05, 0.1) is 16.8 Å². The Morgan fingerprint density at radius 2 is 1.79 bits per heavy atom. The zero-order chi connectivity index (χ0) is 17.8. The molecule has 0 radical (unpaired) electrons. The lowest BCUT2D eigenvalue weighted by molar-refractivity contribution is -0.137. The molecule has 0 aliphatic carbocycles. The standard InChI is InChI=1S/C16H13BrF3N3O/c1-6-3-8(21)4-9(16(18,19)20)12(6)15-23-14-7(2)13(22)10(17)5-11(14)24-15/h3-5H,21-22H2,1-2H3. The first-order valence-corrected chi connectivity index (χ1v) is 7.71. The number of hydrogen-bond acceptors (Lipinski definition) is 4. The summed E-state index contributed by atoms with van der Waals surface area (Å²) in [4.78, 5) is 4.24. The molecule has 1 aromatic heterocycles. The van der Waals surface area contributed by atoms with Gasteiger partial charge in [-0.3, -0.25) is 0 Å². The Hall–Kier alpha value is -2.22. The largest absolute Gasteiger partial charge is 0.436 e. The first kappa shape index (κ1) is 16.6. The molecule has 0 aliphatic rings. The van der Waals surface area contributed by atoms with E-state index in [0.717, 1.165) is 6.07 Å². The second kappa shape index (κ2) is 5.41. The molecular weight excluding hydrogens is 387 g/mol. The molecule has 3 aromatic rings. The zero-order valence-electron chi connectivity index (χ0n) is 12.8. The number of halogens is 4. The van der Waals surface area contributed by atoms with Crippen LogP contribution in [0.2, 0.25) is 0 Å². The Balaban J connectivity index is 2.34. The molecule has 8 heteroatoms. The maximum Gasteiger partial charge on any atom is 0.417 e. The normalized spacial score (nSPS) is 12.1. The summed E-state index contributed by atoms with van der Waals surface area (Å²) in [6.07, 6.45) is -4.58. The molecule has 4 N–H and O–H groups in total. The van der Waals surface area contributed by atoms with E-state index >= 15 is 0 Å². The van der Waals surface area contributed by atoms with E-state index in [1.165, 1.54) is 13.0 Å². The number of rotatable bonds is 1. The van der Waals surface area contributed by atoms with Crippen LogP contribution in [-0.4, -0.2) is 4.98 Å². The molecule has 0 atom stereocenters. The summed E-state index contributed by atoms with van der Waals surface area (Å²) in [6.45, 7) is 3.27. The van der Waals surface area contributed by atoms with Crippen molar-refractivity contribution in [2.24, 2.45) is 0 Å². The van der Waals surface area contributed by atoms with Crippen LogP contribution in [0.3, 0.4) is 0 Å². The van der Waals surface area contributed by atoms with Crippen LogP contribution >= 0.6 is 15.9 Å². The van der Waals surface area contributed by atoms with Crippen molar-refractivity contribution in [1.29, 1.82) is 0 Å². The van der Waals surface area contributed by atoms with Crippen molar-refractivity contribution in [2.75, 3.05) is 11.5 Å². The highest BCUT2D eigenvalue weighted by atomic mass is 79.9. The Morgan fingerprint density at radius 3 is 2.42 bits per heavy atom. The van der Waals surface area contributed by atoms with E-state index in [0.29, 0.717) is 32.4 Å². The Morgan fingerprint density at radius 1 is 1.12 bits per heavy atom. The summed E-state index contributed by atoms with van der Waals surface area (Å²) >= 11 is 3.29. The minimum atomic E-state index is -4.58. The number of oxazole rings is 1. The maximum atomic E-state index is 13.4. The number of anilines is 2. The van der Waals surface area contributed by atoms with Gasteiger partial charge in [0.25, 0.3) is 0 Å². The molecule has 0 aliphatic heterocycles. The molecule has 0 unspecified atom stereocenters. The zero-order valence-corrected chi connectivity index (χ0v) is 14.3. The first-order chi connectivity index (χ1) is 11.1. The van der Waals surface area contributed by atoms with Crippen molar-refractivity contribution in [3.05, 3.63) is 39.4 Å². The molecular formula is C16H13BrF3N3O. The van der Waals surface area contributed by atoms with E-state index in [4.69, 9.17) is 15.9 Å². The van der Waals surface area contributed by atoms with Crippen LogP contribution < -0.4 is 11.5 Å². The van der Waals surface area contributed by atoms with Crippen molar-refractivity contribution < 1.29 is 17.6 Å². The molecule has 24 heavy (non-hydrogen) atoms. The highest BCUT2D eigenvalue weighted by Crippen LogP contribution is 2.41. The molecule has 0 saturated carbocycles. The molecule has 2 aromatic carbocycles. The van der Waals surface area contributed by atoms with Gasteiger partial charge in [0.2, 0.25) is 5.89 Å². The number of nitrogen functional groups attached to an aromatic ring is 2. The number of aryl methyl sites for hydroxylation is 2. The van der Waals surface area contributed by atoms with Crippen LogP contribution in [-0.2, 0) is 6.18 Å². The second-order valence-electron chi connectivity index (χ2n) is 5.52. The highest BCUT2D eigenvalue weighted by Gasteiger charge is 2.36. The van der Waals surface area contributed by atoms with Gasteiger partial charge in [0.1, 0.15) is 5.52 Å². The van der Waals surface area contributed by atoms with Gasteiger partial charge in [-0.25, -0.2) is 4.98 Å². The quantitative estimate of drug-likeness (QED) is 0.560. The lowest BCUT2D eigenvalue weighted by Crippen LogP contribution is -2.09. The third kappa shape index (κ3) is 2.60. The third-order valence-electron chi connectivity index (χ3n) is 3.80. The summed E-state index contributed by atoms with van der Waals surface area (Å²) < 4.78 is 46.4. The summed E-state index contributed by atoms with van der Waals surface area (Å²) in [7, 11) is 0. The average Bonchev–Trinajstić information content (AvgIpc) is 2.86. The van der Waals surface area contributed by atoms with Gasteiger partial charge in [-0.15, -0.1) is 0 Å². The van der Waals surface area contributed by atoms with E-state index in [1.54, 1.807) is 13.0 Å². The lowest BCUT2D eigenvalue weighted by Gasteiger charge is -2.14. The van der Waals surface area contributed by atoms with Crippen molar-refractivity contribution in [3.8, 4) is 11.5 Å². The van der Waals surface area contributed by atoms with Crippen LogP contribution in [0.15, 0.2) is 27.1 Å². The Labute approximate surface area is 143 Å². The summed E-state index contributed by atoms with van der Waals surface area (Å²) in [5.74, 6) is -0.115. The molecule has 0 bridgehead atoms. The molecule has 3 rings (SSSR count). The van der Waals surface area contributed by atoms with Gasteiger partial charge in [-0.05, 0) is 53.5 Å². The van der Waals surface area contributed by atoms with Crippen LogP contribution in [0.1, 0.15) is 16.7 Å². The summed E-state index contributed by atoms with van der Waals surface area (Å²) in [5, 5.41) is 0. The van der Waals surface area contributed by atoms with Crippen LogP contribution in [0, 0.1) is 13.8 Å². The van der Waals surface area contributed by atoms with Gasteiger partial charge in [-0.1, -0.05) is 0 Å². The number of nitrogens with zero attached hydrogens (tertiary/aromatic N) is 1. The highest BCUT2D eigenvalue weighted by molar-refractivity contribution is 9.10. The fourth-order valence-corrected chi connectivity index (χ4v) is 3.13. The number of hydrogen-bond donors (Lipinski definition) is 2. The minimum Gasteiger partial charge on any atom is -0.436 e. The number of benzene rings is 2. The molecule has 0 fully saturated rings. The molecule has 0 saturated heterocycles. The van der Waals surface area contributed by atoms with E-state index in [-0.39, 0.29) is 17.1 Å². The van der Waals surface area contributed by atoms with Gasteiger partial charge < -0.3 is 15.9 Å². The topological polar surface area (TPSA) is 78.1 Å². The molecule has 126 valence electrons. The molecule has 1 heterocycles. The molecule has 0 amide bonds. The predicted molar refractivity (Wildman–Crippen MR) is 90.4 cm³/mol. The second-order valence-corrected chi connectivity index (χ2v) is 6.38. The smallest absolute Gasteiger partial charge is 0.417 e. The van der Waals surface area contributed by atoms with Crippen molar-refractivity contribution in [3.63, 3.8) is 0 Å². The van der Waals surface area contributed by atoms with Crippen LogP contribution in [0.25, 0.3) is 22.6 Å². The molecule has 4 nitrogen and oxygen atoms in total. The number of nitrogens with two attached hydrogens (primary N) is 2. The third-order valence-corrected chi connectivity index (χ3v) is 4.46. The van der Waals surface area contributed by atoms with Crippen molar-refractivity contribution in [2.45, 2.75) is 20.0 Å².